The summed E-state index contributed by atoms with van der Waals surface area (Å²) in [6, 6.07) is 4.28. The normalized spacial score (nSPS) is 12.9. The Balaban J connectivity index is 2.16. The highest BCUT2D eigenvalue weighted by molar-refractivity contribution is 5.83. The summed E-state index contributed by atoms with van der Waals surface area (Å²) in [5, 5.41) is 6.77. The molecular formula is C18H25FN4O2. The van der Waals surface area contributed by atoms with Crippen LogP contribution in [0.2, 0.25) is 0 Å². The molecule has 0 spiro atoms. The number of aromatic nitrogens is 2. The van der Waals surface area contributed by atoms with E-state index in [0.29, 0.717) is 24.0 Å². The minimum atomic E-state index is -0.600. The summed E-state index contributed by atoms with van der Waals surface area (Å²) in [7, 11) is 0. The number of benzene rings is 1. The van der Waals surface area contributed by atoms with Crippen LogP contribution < -0.4 is 11.1 Å². The van der Waals surface area contributed by atoms with Gasteiger partial charge in [0.15, 0.2) is 0 Å². The van der Waals surface area contributed by atoms with Crippen LogP contribution in [0.5, 0.6) is 0 Å². The number of halogens is 1. The Morgan fingerprint density at radius 2 is 2.08 bits per heavy atom. The monoisotopic (exact) mass is 348 g/mol. The number of nitrogens with one attached hydrogen (secondary N) is 1. The van der Waals surface area contributed by atoms with Gasteiger partial charge in [0.25, 0.3) is 0 Å². The van der Waals surface area contributed by atoms with Gasteiger partial charge in [-0.05, 0) is 38.3 Å². The summed E-state index contributed by atoms with van der Waals surface area (Å²) in [5.74, 6) is 0.0889. The summed E-state index contributed by atoms with van der Waals surface area (Å²) in [5.41, 5.74) is 6.27. The van der Waals surface area contributed by atoms with Crippen LogP contribution in [0.15, 0.2) is 22.7 Å². The molecule has 1 aromatic carbocycles. The van der Waals surface area contributed by atoms with Crippen LogP contribution in [-0.4, -0.2) is 22.6 Å². The standard InChI is InChI=1S/C18H25FN4O2/c1-5-18(6-2,10-20)17(24)21-12(4)16-22-15(23-25-16)13-8-7-11(3)14(19)9-13/h7-9,12H,5-6,10,20H2,1-4H3,(H,21,24). The molecular weight excluding hydrogens is 323 g/mol. The van der Waals surface area contributed by atoms with Crippen molar-refractivity contribution in [1.29, 1.82) is 0 Å². The molecule has 0 fully saturated rings. The average Bonchev–Trinajstić information content (AvgIpc) is 3.09. The molecule has 0 bridgehead atoms. The van der Waals surface area contributed by atoms with Gasteiger partial charge in [0.1, 0.15) is 11.9 Å². The predicted octanol–water partition coefficient (Wildman–Crippen LogP) is 3.13. The fourth-order valence-corrected chi connectivity index (χ4v) is 2.62. The third kappa shape index (κ3) is 3.87. The van der Waals surface area contributed by atoms with Crippen molar-refractivity contribution in [3.05, 3.63) is 35.5 Å². The Morgan fingerprint density at radius 3 is 2.64 bits per heavy atom. The molecule has 6 nitrogen and oxygen atoms in total. The van der Waals surface area contributed by atoms with Crippen LogP contribution in [0, 0.1) is 18.2 Å². The molecule has 136 valence electrons. The van der Waals surface area contributed by atoms with Gasteiger partial charge in [-0.25, -0.2) is 4.39 Å². The van der Waals surface area contributed by atoms with E-state index in [1.54, 1.807) is 26.0 Å². The summed E-state index contributed by atoms with van der Waals surface area (Å²) in [6.45, 7) is 7.60. The summed E-state index contributed by atoms with van der Waals surface area (Å²) < 4.78 is 18.9. The van der Waals surface area contributed by atoms with Gasteiger partial charge >= 0.3 is 0 Å². The van der Waals surface area contributed by atoms with Crippen LogP contribution in [0.4, 0.5) is 4.39 Å². The number of amides is 1. The molecule has 0 saturated carbocycles. The first-order valence-electron chi connectivity index (χ1n) is 8.48. The smallest absolute Gasteiger partial charge is 0.249 e. The first-order valence-corrected chi connectivity index (χ1v) is 8.48. The van der Waals surface area contributed by atoms with E-state index in [1.165, 1.54) is 6.07 Å². The molecule has 1 aromatic heterocycles. The molecule has 0 aliphatic rings. The lowest BCUT2D eigenvalue weighted by atomic mass is 9.81. The first kappa shape index (κ1) is 19.1. The van der Waals surface area contributed by atoms with Crippen molar-refractivity contribution in [1.82, 2.24) is 15.5 Å². The molecule has 2 aromatic rings. The molecule has 1 unspecified atom stereocenters. The van der Waals surface area contributed by atoms with E-state index in [9.17, 15) is 9.18 Å². The second kappa shape index (κ2) is 7.74. The van der Waals surface area contributed by atoms with Gasteiger partial charge in [-0.2, -0.15) is 4.98 Å². The molecule has 0 saturated heterocycles. The second-order valence-corrected chi connectivity index (χ2v) is 6.31. The summed E-state index contributed by atoms with van der Waals surface area (Å²) in [4.78, 5) is 16.8. The van der Waals surface area contributed by atoms with Crippen LogP contribution in [0.3, 0.4) is 0 Å². The average molecular weight is 348 g/mol. The number of rotatable bonds is 7. The molecule has 1 atom stereocenters. The number of aryl methyl sites for hydroxylation is 1. The van der Waals surface area contributed by atoms with Crippen molar-refractivity contribution < 1.29 is 13.7 Å². The maximum atomic E-state index is 13.7. The molecule has 0 aliphatic heterocycles. The molecule has 2 rings (SSSR count). The molecule has 1 heterocycles. The number of hydrogen-bond acceptors (Lipinski definition) is 5. The van der Waals surface area contributed by atoms with Gasteiger partial charge in [0.05, 0.1) is 5.41 Å². The van der Waals surface area contributed by atoms with Gasteiger partial charge in [-0.3, -0.25) is 4.79 Å². The van der Waals surface area contributed by atoms with Crippen LogP contribution in [0.1, 0.15) is 51.1 Å². The van der Waals surface area contributed by atoms with E-state index in [4.69, 9.17) is 10.3 Å². The van der Waals surface area contributed by atoms with Crippen molar-refractivity contribution >= 4 is 5.91 Å². The van der Waals surface area contributed by atoms with E-state index < -0.39 is 11.5 Å². The van der Waals surface area contributed by atoms with E-state index >= 15 is 0 Å². The number of hydrogen-bond donors (Lipinski definition) is 2. The second-order valence-electron chi connectivity index (χ2n) is 6.31. The summed E-state index contributed by atoms with van der Waals surface area (Å²) in [6.07, 6.45) is 1.30. The minimum absolute atomic E-state index is 0.131. The number of carbonyl (C=O) groups excluding carboxylic acids is 1. The number of nitrogens with two attached hydrogens (primary N) is 1. The molecule has 0 aliphatic carbocycles. The van der Waals surface area contributed by atoms with Gasteiger partial charge in [0.2, 0.25) is 17.6 Å². The Hall–Kier alpha value is -2.28. The van der Waals surface area contributed by atoms with Crippen LogP contribution in [-0.2, 0) is 4.79 Å². The Bertz CT molecular complexity index is 732. The van der Waals surface area contributed by atoms with E-state index in [-0.39, 0.29) is 30.0 Å². The molecule has 1 amide bonds. The predicted molar refractivity (Wildman–Crippen MR) is 93.1 cm³/mol. The third-order valence-corrected chi connectivity index (χ3v) is 4.82. The summed E-state index contributed by atoms with van der Waals surface area (Å²) >= 11 is 0. The van der Waals surface area contributed by atoms with Gasteiger partial charge in [0, 0.05) is 12.1 Å². The van der Waals surface area contributed by atoms with E-state index in [2.05, 4.69) is 15.5 Å². The maximum Gasteiger partial charge on any atom is 0.249 e. The van der Waals surface area contributed by atoms with Gasteiger partial charge < -0.3 is 15.6 Å². The number of carbonyl (C=O) groups is 1. The lowest BCUT2D eigenvalue weighted by Crippen LogP contribution is -2.46. The molecule has 0 radical (unpaired) electrons. The van der Waals surface area contributed by atoms with Gasteiger partial charge in [-0.1, -0.05) is 31.1 Å². The largest absolute Gasteiger partial charge is 0.344 e. The zero-order valence-electron chi connectivity index (χ0n) is 15.1. The lowest BCUT2D eigenvalue weighted by Gasteiger charge is -2.29. The van der Waals surface area contributed by atoms with E-state index in [0.717, 1.165) is 0 Å². The third-order valence-electron chi connectivity index (χ3n) is 4.82. The Kier molecular flexibility index (Phi) is 5.89. The minimum Gasteiger partial charge on any atom is -0.344 e. The Labute approximate surface area is 147 Å². The fraction of sp³-hybridized carbons (Fsp3) is 0.500. The highest BCUT2D eigenvalue weighted by atomic mass is 19.1. The first-order chi connectivity index (χ1) is 11.9. The van der Waals surface area contributed by atoms with Crippen molar-refractivity contribution in [2.75, 3.05) is 6.54 Å². The van der Waals surface area contributed by atoms with Crippen molar-refractivity contribution in [3.8, 4) is 11.4 Å². The Morgan fingerprint density at radius 1 is 1.40 bits per heavy atom. The molecule has 7 heteroatoms. The van der Waals surface area contributed by atoms with Crippen LogP contribution in [0.25, 0.3) is 11.4 Å². The van der Waals surface area contributed by atoms with Crippen molar-refractivity contribution in [2.45, 2.75) is 46.6 Å². The zero-order valence-corrected chi connectivity index (χ0v) is 15.1. The lowest BCUT2D eigenvalue weighted by molar-refractivity contribution is -0.131. The quantitative estimate of drug-likeness (QED) is 0.802. The fourth-order valence-electron chi connectivity index (χ4n) is 2.62. The zero-order chi connectivity index (χ0) is 18.6. The van der Waals surface area contributed by atoms with Gasteiger partial charge in [-0.15, -0.1) is 0 Å². The molecule has 25 heavy (non-hydrogen) atoms. The molecule has 3 N–H and O–H groups in total. The SMILES string of the molecule is CCC(CC)(CN)C(=O)NC(C)c1nc(-c2ccc(C)c(F)c2)no1. The topological polar surface area (TPSA) is 94.0 Å². The van der Waals surface area contributed by atoms with Crippen molar-refractivity contribution in [3.63, 3.8) is 0 Å². The van der Waals surface area contributed by atoms with Crippen LogP contribution >= 0.6 is 0 Å². The number of nitrogens with zero attached hydrogens (tertiary/aromatic N) is 2. The highest BCUT2D eigenvalue weighted by Crippen LogP contribution is 2.27. The van der Waals surface area contributed by atoms with E-state index in [1.807, 2.05) is 13.8 Å². The highest BCUT2D eigenvalue weighted by Gasteiger charge is 2.34. The maximum absolute atomic E-state index is 13.7. The van der Waals surface area contributed by atoms with Crippen molar-refractivity contribution in [2.24, 2.45) is 11.1 Å².